The van der Waals surface area contributed by atoms with E-state index < -0.39 is 11.9 Å². The van der Waals surface area contributed by atoms with Gasteiger partial charge in [-0.05, 0) is 59.2 Å². The molecule has 0 saturated carbocycles. The minimum absolute atomic E-state index is 0.371. The van der Waals surface area contributed by atoms with E-state index in [1.165, 1.54) is 0 Å². The van der Waals surface area contributed by atoms with Crippen molar-refractivity contribution in [3.8, 4) is 0 Å². The summed E-state index contributed by atoms with van der Waals surface area (Å²) in [5, 5.41) is 1.41. The van der Waals surface area contributed by atoms with Gasteiger partial charge in [0.2, 0.25) is 0 Å². The summed E-state index contributed by atoms with van der Waals surface area (Å²) in [6, 6.07) is 5.24. The molecule has 2 aromatic rings. The third kappa shape index (κ3) is 1.52. The van der Waals surface area contributed by atoms with Crippen LogP contribution in [0.25, 0.3) is 10.8 Å². The van der Waals surface area contributed by atoms with Crippen LogP contribution in [0.5, 0.6) is 0 Å². The first-order chi connectivity index (χ1) is 8.52. The van der Waals surface area contributed by atoms with Gasteiger partial charge in [0.25, 0.3) is 0 Å². The van der Waals surface area contributed by atoms with E-state index in [2.05, 4.69) is 47.8 Å². The van der Waals surface area contributed by atoms with Crippen LogP contribution < -0.4 is 0 Å². The van der Waals surface area contributed by atoms with E-state index in [4.69, 9.17) is 4.74 Å². The molecule has 0 aliphatic carbocycles. The third-order valence-electron chi connectivity index (χ3n) is 2.77. The molecule has 0 saturated heterocycles. The first-order valence-corrected chi connectivity index (χ1v) is 7.26. The molecule has 3 nitrogen and oxygen atoms in total. The summed E-state index contributed by atoms with van der Waals surface area (Å²) >= 11 is 10.2. The standard InChI is InChI=1S/C12H3Br3O3/c13-8-4-2-1-3-5-6(4)7(9(14)10(8)15)12(17)18-11(5)16/h1-3H. The molecular weight excluding hydrogens is 432 g/mol. The molecule has 1 aliphatic rings. The Bertz CT molecular complexity index is 737. The number of halogens is 3. The van der Waals surface area contributed by atoms with Crippen molar-refractivity contribution in [3.63, 3.8) is 0 Å². The number of benzene rings is 2. The van der Waals surface area contributed by atoms with Crippen LogP contribution in [0.3, 0.4) is 0 Å². The zero-order valence-electron chi connectivity index (χ0n) is 8.59. The minimum Gasteiger partial charge on any atom is -0.386 e. The van der Waals surface area contributed by atoms with Gasteiger partial charge in [-0.15, -0.1) is 0 Å². The Morgan fingerprint density at radius 3 is 2.33 bits per heavy atom. The Labute approximate surface area is 127 Å². The predicted octanol–water partition coefficient (Wildman–Crippen LogP) is 4.44. The smallest absolute Gasteiger partial charge is 0.347 e. The van der Waals surface area contributed by atoms with Crippen LogP contribution >= 0.6 is 47.8 Å². The highest BCUT2D eigenvalue weighted by molar-refractivity contribution is 9.14. The van der Waals surface area contributed by atoms with Crippen molar-refractivity contribution < 1.29 is 14.3 Å². The lowest BCUT2D eigenvalue weighted by Gasteiger charge is -2.18. The molecule has 90 valence electrons. The summed E-state index contributed by atoms with van der Waals surface area (Å²) in [5.74, 6) is -1.25. The lowest BCUT2D eigenvalue weighted by atomic mass is 9.97. The van der Waals surface area contributed by atoms with Crippen LogP contribution in [0.4, 0.5) is 0 Å². The summed E-state index contributed by atoms with van der Waals surface area (Å²) in [4.78, 5) is 23.6. The maximum Gasteiger partial charge on any atom is 0.347 e. The second kappa shape index (κ2) is 4.15. The quantitative estimate of drug-likeness (QED) is 0.350. The van der Waals surface area contributed by atoms with Crippen LogP contribution in [0.2, 0.25) is 0 Å². The summed E-state index contributed by atoms with van der Waals surface area (Å²) in [6.07, 6.45) is 0. The Kier molecular flexibility index (Phi) is 2.84. The second-order valence-corrected chi connectivity index (χ2v) is 6.10. The van der Waals surface area contributed by atoms with Gasteiger partial charge in [-0.1, -0.05) is 12.1 Å². The molecule has 0 fully saturated rings. The topological polar surface area (TPSA) is 43.4 Å². The number of esters is 2. The first-order valence-electron chi connectivity index (χ1n) is 4.88. The molecular formula is C12H3Br3O3. The SMILES string of the molecule is O=C1OC(=O)c2c(Br)c(Br)c(Br)c3cccc1c23. The lowest BCUT2D eigenvalue weighted by molar-refractivity contribution is 0.0390. The van der Waals surface area contributed by atoms with Crippen LogP contribution in [-0.2, 0) is 4.74 Å². The van der Waals surface area contributed by atoms with Crippen LogP contribution in [0.15, 0.2) is 31.6 Å². The van der Waals surface area contributed by atoms with Crippen molar-refractivity contribution in [1.29, 1.82) is 0 Å². The van der Waals surface area contributed by atoms with Crippen molar-refractivity contribution >= 4 is 70.5 Å². The predicted molar refractivity (Wildman–Crippen MR) is 76.8 cm³/mol. The molecule has 6 heteroatoms. The average molecular weight is 435 g/mol. The number of hydrogen-bond acceptors (Lipinski definition) is 3. The molecule has 3 rings (SSSR count). The van der Waals surface area contributed by atoms with Crippen LogP contribution in [0.1, 0.15) is 20.7 Å². The number of rotatable bonds is 0. The summed E-state index contributed by atoms with van der Waals surface area (Å²) in [6.45, 7) is 0. The largest absolute Gasteiger partial charge is 0.386 e. The molecule has 0 unspecified atom stereocenters. The number of carbonyl (C=O) groups is 2. The maximum absolute atomic E-state index is 11.9. The van der Waals surface area contributed by atoms with E-state index >= 15 is 0 Å². The van der Waals surface area contributed by atoms with Gasteiger partial charge < -0.3 is 4.74 Å². The minimum atomic E-state index is -0.635. The Morgan fingerprint density at radius 2 is 1.61 bits per heavy atom. The first kappa shape index (κ1) is 12.3. The second-order valence-electron chi connectivity index (χ2n) is 3.72. The maximum atomic E-state index is 11.9. The summed E-state index contributed by atoms with van der Waals surface area (Å²) in [5.41, 5.74) is 0.770. The van der Waals surface area contributed by atoms with Gasteiger partial charge in [-0.2, -0.15) is 0 Å². The Balaban J connectivity index is 2.65. The normalized spacial score (nSPS) is 13.9. The lowest BCUT2D eigenvalue weighted by Crippen LogP contribution is -2.20. The zero-order chi connectivity index (χ0) is 13.0. The number of hydrogen-bond donors (Lipinski definition) is 0. The molecule has 1 heterocycles. The van der Waals surface area contributed by atoms with E-state index in [9.17, 15) is 9.59 Å². The van der Waals surface area contributed by atoms with Gasteiger partial charge >= 0.3 is 11.9 Å². The van der Waals surface area contributed by atoms with Gasteiger partial charge in [0.1, 0.15) is 0 Å². The van der Waals surface area contributed by atoms with E-state index in [1.54, 1.807) is 12.1 Å². The molecule has 0 amide bonds. The van der Waals surface area contributed by atoms with Gasteiger partial charge in [0.15, 0.2) is 0 Å². The molecule has 1 aliphatic heterocycles. The Hall–Kier alpha value is -0.720. The molecule has 0 spiro atoms. The van der Waals surface area contributed by atoms with Crippen molar-refractivity contribution in [2.75, 3.05) is 0 Å². The number of ether oxygens (including phenoxy) is 1. The van der Waals surface area contributed by atoms with E-state index in [0.717, 1.165) is 9.86 Å². The molecule has 18 heavy (non-hydrogen) atoms. The van der Waals surface area contributed by atoms with Crippen molar-refractivity contribution in [2.24, 2.45) is 0 Å². The van der Waals surface area contributed by atoms with E-state index in [0.29, 0.717) is 25.5 Å². The molecule has 2 aromatic carbocycles. The van der Waals surface area contributed by atoms with Crippen molar-refractivity contribution in [3.05, 3.63) is 42.7 Å². The number of cyclic esters (lactones) is 2. The molecule has 0 atom stereocenters. The van der Waals surface area contributed by atoms with Crippen LogP contribution in [-0.4, -0.2) is 11.9 Å². The fourth-order valence-electron chi connectivity index (χ4n) is 1.99. The average Bonchev–Trinajstić information content (AvgIpc) is 2.35. The molecule has 0 N–H and O–H groups in total. The molecule has 0 bridgehead atoms. The molecule has 0 radical (unpaired) electrons. The highest BCUT2D eigenvalue weighted by atomic mass is 79.9. The van der Waals surface area contributed by atoms with Gasteiger partial charge in [0, 0.05) is 18.8 Å². The summed E-state index contributed by atoms with van der Waals surface area (Å²) < 4.78 is 6.82. The van der Waals surface area contributed by atoms with E-state index in [-0.39, 0.29) is 0 Å². The van der Waals surface area contributed by atoms with Gasteiger partial charge in [-0.25, -0.2) is 9.59 Å². The fraction of sp³-hybridized carbons (Fsp3) is 0. The van der Waals surface area contributed by atoms with Crippen molar-refractivity contribution in [1.82, 2.24) is 0 Å². The highest BCUT2D eigenvalue weighted by Gasteiger charge is 2.31. The van der Waals surface area contributed by atoms with Crippen molar-refractivity contribution in [2.45, 2.75) is 0 Å². The molecule has 0 aromatic heterocycles. The van der Waals surface area contributed by atoms with Gasteiger partial charge in [-0.3, -0.25) is 0 Å². The van der Waals surface area contributed by atoms with Crippen LogP contribution in [0, 0.1) is 0 Å². The summed E-state index contributed by atoms with van der Waals surface area (Å²) in [7, 11) is 0. The zero-order valence-corrected chi connectivity index (χ0v) is 13.3. The number of carbonyl (C=O) groups excluding carboxylic acids is 2. The third-order valence-corrected chi connectivity index (χ3v) is 6.24. The highest BCUT2D eigenvalue weighted by Crippen LogP contribution is 2.43. The Morgan fingerprint density at radius 1 is 0.889 bits per heavy atom. The monoisotopic (exact) mass is 432 g/mol. The van der Waals surface area contributed by atoms with E-state index in [1.807, 2.05) is 6.07 Å². The van der Waals surface area contributed by atoms with Gasteiger partial charge in [0.05, 0.1) is 11.1 Å². The fourth-order valence-corrected chi connectivity index (χ4v) is 3.76.